The lowest BCUT2D eigenvalue weighted by atomic mass is 10.2. The molecule has 1 saturated heterocycles. The normalized spacial score (nSPS) is 21.6. The molecule has 1 saturated carbocycles. The highest BCUT2D eigenvalue weighted by Gasteiger charge is 2.28. The molecule has 0 radical (unpaired) electrons. The monoisotopic (exact) mass is 310 g/mol. The molecule has 1 unspecified atom stereocenters. The third-order valence-corrected chi connectivity index (χ3v) is 4.33. The lowest BCUT2D eigenvalue weighted by Crippen LogP contribution is -2.55. The molecule has 1 heterocycles. The number of nitrogens with zero attached hydrogens (tertiary/aromatic N) is 2. The Kier molecular flexibility index (Phi) is 6.20. The summed E-state index contributed by atoms with van der Waals surface area (Å²) in [6.45, 7) is 10.7. The van der Waals surface area contributed by atoms with Gasteiger partial charge in [0.25, 0.3) is 0 Å². The fourth-order valence-corrected chi connectivity index (χ4v) is 2.63. The second-order valence-corrected chi connectivity index (χ2v) is 6.97. The zero-order valence-corrected chi connectivity index (χ0v) is 14.1. The van der Waals surface area contributed by atoms with Gasteiger partial charge >= 0.3 is 0 Å². The number of hydrogen-bond donors (Lipinski definition) is 2. The van der Waals surface area contributed by atoms with Crippen molar-refractivity contribution in [2.45, 2.75) is 45.7 Å². The molecule has 1 atom stereocenters. The number of piperazine rings is 1. The Morgan fingerprint density at radius 3 is 2.27 bits per heavy atom. The SMILES string of the molecule is CC(C)CNC(=O)C(C)N1CCN(CC(=O)NC2CC2)CC1. The molecule has 0 aromatic heterocycles. The van der Waals surface area contributed by atoms with Gasteiger partial charge in [-0.3, -0.25) is 19.4 Å². The van der Waals surface area contributed by atoms with E-state index in [0.717, 1.165) is 45.6 Å². The molecule has 0 bridgehead atoms. The maximum Gasteiger partial charge on any atom is 0.237 e. The first kappa shape index (κ1) is 17.2. The van der Waals surface area contributed by atoms with Gasteiger partial charge in [-0.2, -0.15) is 0 Å². The molecule has 1 aliphatic heterocycles. The van der Waals surface area contributed by atoms with Gasteiger partial charge in [-0.1, -0.05) is 13.8 Å². The average Bonchev–Trinajstić information content (AvgIpc) is 3.28. The third-order valence-electron chi connectivity index (χ3n) is 4.33. The van der Waals surface area contributed by atoms with E-state index in [9.17, 15) is 9.59 Å². The van der Waals surface area contributed by atoms with Crippen molar-refractivity contribution in [3.8, 4) is 0 Å². The van der Waals surface area contributed by atoms with Crippen LogP contribution in [0.4, 0.5) is 0 Å². The Labute approximate surface area is 133 Å². The second kappa shape index (κ2) is 7.92. The van der Waals surface area contributed by atoms with E-state index in [-0.39, 0.29) is 17.9 Å². The molecule has 2 rings (SSSR count). The molecule has 1 aliphatic carbocycles. The predicted octanol–water partition coefficient (Wildman–Crippen LogP) is 0.0433. The molecule has 2 aliphatic rings. The Hall–Kier alpha value is -1.14. The van der Waals surface area contributed by atoms with E-state index in [4.69, 9.17) is 0 Å². The van der Waals surface area contributed by atoms with Gasteiger partial charge in [-0.15, -0.1) is 0 Å². The van der Waals surface area contributed by atoms with Crippen LogP contribution in [0, 0.1) is 5.92 Å². The highest BCUT2D eigenvalue weighted by molar-refractivity contribution is 5.81. The summed E-state index contributed by atoms with van der Waals surface area (Å²) in [5.41, 5.74) is 0. The summed E-state index contributed by atoms with van der Waals surface area (Å²) in [5, 5.41) is 6.02. The topological polar surface area (TPSA) is 64.7 Å². The number of hydrogen-bond acceptors (Lipinski definition) is 4. The quantitative estimate of drug-likeness (QED) is 0.697. The molecule has 0 aromatic carbocycles. The standard InChI is InChI=1S/C16H30N4O2/c1-12(2)10-17-16(22)13(3)20-8-6-19(7-9-20)11-15(21)18-14-4-5-14/h12-14H,4-11H2,1-3H3,(H,17,22)(H,18,21). The van der Waals surface area contributed by atoms with E-state index in [1.807, 2.05) is 6.92 Å². The largest absolute Gasteiger partial charge is 0.354 e. The minimum atomic E-state index is -0.0961. The van der Waals surface area contributed by atoms with Gasteiger partial charge in [0.15, 0.2) is 0 Å². The van der Waals surface area contributed by atoms with Crippen molar-refractivity contribution >= 4 is 11.8 Å². The van der Waals surface area contributed by atoms with E-state index >= 15 is 0 Å². The summed E-state index contributed by atoms with van der Waals surface area (Å²) in [4.78, 5) is 28.3. The van der Waals surface area contributed by atoms with Crippen LogP contribution in [0.1, 0.15) is 33.6 Å². The molecule has 22 heavy (non-hydrogen) atoms. The van der Waals surface area contributed by atoms with E-state index < -0.39 is 0 Å². The minimum Gasteiger partial charge on any atom is -0.354 e. The maximum atomic E-state index is 12.1. The van der Waals surface area contributed by atoms with Crippen LogP contribution in [0.5, 0.6) is 0 Å². The summed E-state index contributed by atoms with van der Waals surface area (Å²) in [7, 11) is 0. The molecular weight excluding hydrogens is 280 g/mol. The number of carbonyl (C=O) groups excluding carboxylic acids is 2. The second-order valence-electron chi connectivity index (χ2n) is 6.97. The van der Waals surface area contributed by atoms with Crippen LogP contribution in [-0.4, -0.2) is 73.0 Å². The van der Waals surface area contributed by atoms with Gasteiger partial charge in [0.05, 0.1) is 12.6 Å². The van der Waals surface area contributed by atoms with Crippen molar-refractivity contribution in [1.29, 1.82) is 0 Å². The number of carbonyl (C=O) groups is 2. The Bertz CT molecular complexity index is 388. The summed E-state index contributed by atoms with van der Waals surface area (Å²) < 4.78 is 0. The Morgan fingerprint density at radius 2 is 1.73 bits per heavy atom. The van der Waals surface area contributed by atoms with Crippen molar-refractivity contribution in [3.05, 3.63) is 0 Å². The predicted molar refractivity (Wildman–Crippen MR) is 86.5 cm³/mol. The van der Waals surface area contributed by atoms with E-state index in [1.54, 1.807) is 0 Å². The Balaban J connectivity index is 1.66. The molecule has 2 fully saturated rings. The molecule has 6 nitrogen and oxygen atoms in total. The van der Waals surface area contributed by atoms with E-state index in [1.165, 1.54) is 0 Å². The van der Waals surface area contributed by atoms with Gasteiger partial charge in [-0.05, 0) is 25.7 Å². The highest BCUT2D eigenvalue weighted by Crippen LogP contribution is 2.18. The maximum absolute atomic E-state index is 12.1. The first-order valence-electron chi connectivity index (χ1n) is 8.49. The third kappa shape index (κ3) is 5.57. The number of amides is 2. The molecule has 2 N–H and O–H groups in total. The fraction of sp³-hybridized carbons (Fsp3) is 0.875. The van der Waals surface area contributed by atoms with Crippen LogP contribution in [0.15, 0.2) is 0 Å². The fourth-order valence-electron chi connectivity index (χ4n) is 2.63. The first-order chi connectivity index (χ1) is 10.5. The Morgan fingerprint density at radius 1 is 1.09 bits per heavy atom. The molecule has 0 spiro atoms. The van der Waals surface area contributed by atoms with Crippen molar-refractivity contribution in [2.24, 2.45) is 5.92 Å². The molecule has 0 aromatic rings. The van der Waals surface area contributed by atoms with Crippen LogP contribution >= 0.6 is 0 Å². The summed E-state index contributed by atoms with van der Waals surface area (Å²) in [5.74, 6) is 0.713. The highest BCUT2D eigenvalue weighted by atomic mass is 16.2. The van der Waals surface area contributed by atoms with Crippen LogP contribution < -0.4 is 10.6 Å². The van der Waals surface area contributed by atoms with Gasteiger partial charge in [0.1, 0.15) is 0 Å². The number of nitrogens with one attached hydrogen (secondary N) is 2. The first-order valence-corrected chi connectivity index (χ1v) is 8.49. The smallest absolute Gasteiger partial charge is 0.237 e. The van der Waals surface area contributed by atoms with Gasteiger partial charge < -0.3 is 10.6 Å². The van der Waals surface area contributed by atoms with Crippen molar-refractivity contribution in [2.75, 3.05) is 39.3 Å². The van der Waals surface area contributed by atoms with Gasteiger partial charge in [0.2, 0.25) is 11.8 Å². The zero-order chi connectivity index (χ0) is 16.1. The number of rotatable bonds is 7. The van der Waals surface area contributed by atoms with Crippen molar-refractivity contribution in [1.82, 2.24) is 20.4 Å². The van der Waals surface area contributed by atoms with Crippen LogP contribution in [0.2, 0.25) is 0 Å². The van der Waals surface area contributed by atoms with Gasteiger partial charge in [-0.25, -0.2) is 0 Å². The molecule has 126 valence electrons. The van der Waals surface area contributed by atoms with Crippen molar-refractivity contribution < 1.29 is 9.59 Å². The molecule has 2 amide bonds. The zero-order valence-electron chi connectivity index (χ0n) is 14.1. The summed E-state index contributed by atoms with van der Waals surface area (Å²) >= 11 is 0. The van der Waals surface area contributed by atoms with E-state index in [2.05, 4.69) is 34.3 Å². The average molecular weight is 310 g/mol. The van der Waals surface area contributed by atoms with Crippen LogP contribution in [-0.2, 0) is 9.59 Å². The van der Waals surface area contributed by atoms with Crippen LogP contribution in [0.25, 0.3) is 0 Å². The van der Waals surface area contributed by atoms with Crippen LogP contribution in [0.3, 0.4) is 0 Å². The van der Waals surface area contributed by atoms with Crippen molar-refractivity contribution in [3.63, 3.8) is 0 Å². The lowest BCUT2D eigenvalue weighted by molar-refractivity contribution is -0.128. The van der Waals surface area contributed by atoms with Gasteiger partial charge in [0, 0.05) is 38.8 Å². The van der Waals surface area contributed by atoms with E-state index in [0.29, 0.717) is 18.5 Å². The summed E-state index contributed by atoms with van der Waals surface area (Å²) in [6, 6.07) is 0.333. The molecule has 6 heteroatoms. The molecular formula is C16H30N4O2. The summed E-state index contributed by atoms with van der Waals surface area (Å²) in [6.07, 6.45) is 2.26. The lowest BCUT2D eigenvalue weighted by Gasteiger charge is -2.37. The minimum absolute atomic E-state index is 0.0961.